The highest BCUT2D eigenvalue weighted by Crippen LogP contribution is 2.32. The van der Waals surface area contributed by atoms with Crippen molar-refractivity contribution in [1.29, 1.82) is 0 Å². The van der Waals surface area contributed by atoms with E-state index in [1.807, 2.05) is 0 Å². The number of carbonyl (C=O) groups is 1. The molecule has 0 aromatic heterocycles. The molecule has 3 rings (SSSR count). The second-order valence-corrected chi connectivity index (χ2v) is 6.31. The van der Waals surface area contributed by atoms with Crippen LogP contribution in [0.1, 0.15) is 40.2 Å². The molecule has 1 heterocycles. The average molecular weight is 369 g/mol. The number of carbonyl (C=O) groups excluding carboxylic acids is 1. The van der Waals surface area contributed by atoms with Crippen molar-refractivity contribution in [1.82, 2.24) is 4.90 Å². The van der Waals surface area contributed by atoms with Gasteiger partial charge in [-0.1, -0.05) is 12.1 Å². The number of likely N-dealkylation sites (tertiary alicyclic amines) is 1. The van der Waals surface area contributed by atoms with Crippen LogP contribution in [0.5, 0.6) is 0 Å². The van der Waals surface area contributed by atoms with Gasteiger partial charge in [0.15, 0.2) is 0 Å². The average Bonchev–Trinajstić information content (AvgIpc) is 2.61. The van der Waals surface area contributed by atoms with Gasteiger partial charge >= 0.3 is 6.18 Å². The summed E-state index contributed by atoms with van der Waals surface area (Å²) in [4.78, 5) is 13.9. The van der Waals surface area contributed by atoms with Crippen LogP contribution in [0, 0.1) is 11.6 Å². The summed E-state index contributed by atoms with van der Waals surface area (Å²) in [5.41, 5.74) is -0.501. The number of alkyl halides is 3. The lowest BCUT2D eigenvalue weighted by Crippen LogP contribution is -2.38. The predicted molar refractivity (Wildman–Crippen MR) is 85.7 cm³/mol. The van der Waals surface area contributed by atoms with E-state index in [1.54, 1.807) is 12.1 Å². The molecule has 2 nitrogen and oxygen atoms in total. The number of hydrogen-bond donors (Lipinski definition) is 0. The Balaban J connectivity index is 1.67. The zero-order valence-electron chi connectivity index (χ0n) is 13.7. The summed E-state index contributed by atoms with van der Waals surface area (Å²) in [5, 5.41) is 0. The zero-order chi connectivity index (χ0) is 18.9. The number of rotatable bonds is 2. The van der Waals surface area contributed by atoms with Gasteiger partial charge in [-0.25, -0.2) is 8.78 Å². The highest BCUT2D eigenvalue weighted by molar-refractivity contribution is 5.94. The summed E-state index contributed by atoms with van der Waals surface area (Å²) >= 11 is 0. The molecule has 1 saturated heterocycles. The highest BCUT2D eigenvalue weighted by atomic mass is 19.4. The molecule has 1 fully saturated rings. The van der Waals surface area contributed by atoms with Crippen molar-refractivity contribution in [2.45, 2.75) is 24.9 Å². The van der Waals surface area contributed by atoms with Gasteiger partial charge in [0.2, 0.25) is 0 Å². The molecule has 0 N–H and O–H groups in total. The van der Waals surface area contributed by atoms with Crippen LogP contribution in [0.2, 0.25) is 0 Å². The second kappa shape index (κ2) is 7.05. The van der Waals surface area contributed by atoms with Gasteiger partial charge in [-0.05, 0) is 54.7 Å². The maximum Gasteiger partial charge on any atom is 0.419 e. The molecule has 0 saturated carbocycles. The van der Waals surface area contributed by atoms with Crippen molar-refractivity contribution in [3.05, 3.63) is 70.8 Å². The van der Waals surface area contributed by atoms with Gasteiger partial charge in [-0.3, -0.25) is 4.79 Å². The topological polar surface area (TPSA) is 20.3 Å². The molecule has 1 aliphatic heterocycles. The Labute approximate surface area is 147 Å². The molecule has 138 valence electrons. The van der Waals surface area contributed by atoms with Crippen molar-refractivity contribution in [3.8, 4) is 0 Å². The highest BCUT2D eigenvalue weighted by Gasteiger charge is 2.34. The van der Waals surface area contributed by atoms with Gasteiger partial charge in [0.05, 0.1) is 5.56 Å². The van der Waals surface area contributed by atoms with Gasteiger partial charge in [-0.2, -0.15) is 13.2 Å². The van der Waals surface area contributed by atoms with Gasteiger partial charge in [-0.15, -0.1) is 0 Å². The monoisotopic (exact) mass is 369 g/mol. The van der Waals surface area contributed by atoms with E-state index in [0.717, 1.165) is 11.6 Å². The van der Waals surface area contributed by atoms with Crippen molar-refractivity contribution in [2.75, 3.05) is 13.1 Å². The molecule has 0 bridgehead atoms. The maximum absolute atomic E-state index is 13.7. The number of halogens is 5. The molecule has 0 aliphatic carbocycles. The SMILES string of the molecule is O=C(c1ccc(C(F)(F)F)c(F)c1)N1CCC(c2ccc(F)cc2)CC1. The van der Waals surface area contributed by atoms with Crippen LogP contribution >= 0.6 is 0 Å². The Bertz CT molecular complexity index is 793. The Kier molecular flexibility index (Phi) is 4.98. The van der Waals surface area contributed by atoms with Gasteiger partial charge < -0.3 is 4.90 Å². The Morgan fingerprint density at radius 2 is 1.58 bits per heavy atom. The summed E-state index contributed by atoms with van der Waals surface area (Å²) in [5.74, 6) is -2.07. The Morgan fingerprint density at radius 1 is 0.962 bits per heavy atom. The minimum Gasteiger partial charge on any atom is -0.339 e. The van der Waals surface area contributed by atoms with E-state index in [2.05, 4.69) is 0 Å². The summed E-state index contributed by atoms with van der Waals surface area (Å²) in [6.07, 6.45) is -3.49. The first-order chi connectivity index (χ1) is 12.3. The largest absolute Gasteiger partial charge is 0.419 e. The fourth-order valence-corrected chi connectivity index (χ4v) is 3.21. The number of piperidine rings is 1. The Morgan fingerprint density at radius 3 is 2.12 bits per heavy atom. The molecule has 1 amide bonds. The minimum atomic E-state index is -4.79. The van der Waals surface area contributed by atoms with Crippen molar-refractivity contribution >= 4 is 5.91 Å². The first-order valence-corrected chi connectivity index (χ1v) is 8.17. The fraction of sp³-hybridized carbons (Fsp3) is 0.316. The number of nitrogens with zero attached hydrogens (tertiary/aromatic N) is 1. The smallest absolute Gasteiger partial charge is 0.339 e. The third-order valence-electron chi connectivity index (χ3n) is 4.65. The van der Waals surface area contributed by atoms with Crippen molar-refractivity contribution in [3.63, 3.8) is 0 Å². The normalized spacial score (nSPS) is 16.0. The van der Waals surface area contributed by atoms with Crippen LogP contribution < -0.4 is 0 Å². The van der Waals surface area contributed by atoms with Crippen molar-refractivity contribution in [2.24, 2.45) is 0 Å². The fourth-order valence-electron chi connectivity index (χ4n) is 3.21. The van der Waals surface area contributed by atoms with Crippen LogP contribution in [0.25, 0.3) is 0 Å². The maximum atomic E-state index is 13.7. The quantitative estimate of drug-likeness (QED) is 0.682. The van der Waals surface area contributed by atoms with E-state index in [0.29, 0.717) is 38.1 Å². The van der Waals surface area contributed by atoms with E-state index in [1.165, 1.54) is 17.0 Å². The Hall–Kier alpha value is -2.44. The molecule has 1 aliphatic rings. The number of amides is 1. The summed E-state index contributed by atoms with van der Waals surface area (Å²) in [6.45, 7) is 0.813. The molecular weight excluding hydrogens is 353 g/mol. The molecule has 0 radical (unpaired) electrons. The van der Waals surface area contributed by atoms with Crippen LogP contribution in [0.4, 0.5) is 22.0 Å². The predicted octanol–water partition coefficient (Wildman–Crippen LogP) is 5.00. The van der Waals surface area contributed by atoms with Crippen molar-refractivity contribution < 1.29 is 26.7 Å². The molecule has 0 spiro atoms. The lowest BCUT2D eigenvalue weighted by Gasteiger charge is -2.32. The molecule has 2 aromatic rings. The van der Waals surface area contributed by atoms with Crippen LogP contribution in [-0.2, 0) is 6.18 Å². The molecule has 7 heteroatoms. The molecular formula is C19H16F5NO. The number of benzene rings is 2. The van der Waals surface area contributed by atoms with Crippen LogP contribution in [0.15, 0.2) is 42.5 Å². The van der Waals surface area contributed by atoms with Crippen LogP contribution in [0.3, 0.4) is 0 Å². The van der Waals surface area contributed by atoms with E-state index < -0.39 is 23.5 Å². The van der Waals surface area contributed by atoms with Gasteiger partial charge in [0, 0.05) is 18.7 Å². The minimum absolute atomic E-state index is 0.101. The third-order valence-corrected chi connectivity index (χ3v) is 4.65. The van der Waals surface area contributed by atoms with Crippen LogP contribution in [-0.4, -0.2) is 23.9 Å². The lowest BCUT2D eigenvalue weighted by atomic mass is 9.89. The lowest BCUT2D eigenvalue weighted by molar-refractivity contribution is -0.140. The van der Waals surface area contributed by atoms with Gasteiger partial charge in [0.1, 0.15) is 11.6 Å². The third kappa shape index (κ3) is 3.86. The van der Waals surface area contributed by atoms with E-state index in [-0.39, 0.29) is 17.3 Å². The van der Waals surface area contributed by atoms with E-state index >= 15 is 0 Å². The molecule has 0 unspecified atom stereocenters. The molecule has 26 heavy (non-hydrogen) atoms. The second-order valence-electron chi connectivity index (χ2n) is 6.31. The zero-order valence-corrected chi connectivity index (χ0v) is 13.7. The standard InChI is InChI=1S/C19H16F5NO/c20-15-4-1-12(2-5-15)13-7-9-25(10-8-13)18(26)14-3-6-16(17(21)11-14)19(22,23)24/h1-6,11,13H,7-10H2. The van der Waals surface area contributed by atoms with E-state index in [9.17, 15) is 26.7 Å². The summed E-state index contributed by atoms with van der Waals surface area (Å²) < 4.78 is 64.5. The van der Waals surface area contributed by atoms with Gasteiger partial charge in [0.25, 0.3) is 5.91 Å². The molecule has 2 aromatic carbocycles. The first-order valence-electron chi connectivity index (χ1n) is 8.17. The summed E-state index contributed by atoms with van der Waals surface area (Å²) in [6, 6.07) is 8.42. The molecule has 0 atom stereocenters. The summed E-state index contributed by atoms with van der Waals surface area (Å²) in [7, 11) is 0. The van der Waals surface area contributed by atoms with E-state index in [4.69, 9.17) is 0 Å². The first kappa shape index (κ1) is 18.4. The number of hydrogen-bond acceptors (Lipinski definition) is 1.